The van der Waals surface area contributed by atoms with Gasteiger partial charge in [0, 0.05) is 16.1 Å². The van der Waals surface area contributed by atoms with Gasteiger partial charge in [0.25, 0.3) is 5.91 Å². The van der Waals surface area contributed by atoms with Crippen LogP contribution in [-0.2, 0) is 0 Å². The zero-order valence-electron chi connectivity index (χ0n) is 16.6. The number of anilines is 1. The smallest absolute Gasteiger partial charge is 0.257 e. The largest absolute Gasteiger partial charge is 0.332 e. The van der Waals surface area contributed by atoms with Crippen LogP contribution in [-0.4, -0.2) is 16.0 Å². The molecule has 0 atom stereocenters. The van der Waals surface area contributed by atoms with Crippen LogP contribution in [0.4, 0.5) is 5.69 Å². The summed E-state index contributed by atoms with van der Waals surface area (Å²) in [7, 11) is 0. The van der Waals surface area contributed by atoms with E-state index in [1.807, 2.05) is 72.8 Å². The minimum atomic E-state index is -0.274. The highest BCUT2D eigenvalue weighted by atomic mass is 35.5. The summed E-state index contributed by atoms with van der Waals surface area (Å²) in [5.74, 6) is -0.274. The lowest BCUT2D eigenvalue weighted by atomic mass is 10.1. The Labute approximate surface area is 198 Å². The van der Waals surface area contributed by atoms with E-state index in [1.165, 1.54) is 0 Å². The first-order valence-corrected chi connectivity index (χ1v) is 11.4. The van der Waals surface area contributed by atoms with Crippen molar-refractivity contribution in [3.63, 3.8) is 0 Å². The summed E-state index contributed by atoms with van der Waals surface area (Å²) in [6.45, 7) is 0. The summed E-state index contributed by atoms with van der Waals surface area (Å²) >= 11 is 13.3. The Morgan fingerprint density at radius 1 is 0.906 bits per heavy atom. The molecule has 4 aromatic carbocycles. The van der Waals surface area contributed by atoms with E-state index in [0.717, 1.165) is 37.2 Å². The first kappa shape index (κ1) is 20.6. The Balaban J connectivity index is 1.38. The van der Waals surface area contributed by atoms with E-state index in [1.54, 1.807) is 23.5 Å². The maximum Gasteiger partial charge on any atom is 0.257 e. The number of halogens is 1. The maximum absolute atomic E-state index is 12.7. The number of nitrogens with one attached hydrogen (secondary N) is 2. The minimum Gasteiger partial charge on any atom is -0.332 e. The second-order valence-electron chi connectivity index (χ2n) is 7.15. The van der Waals surface area contributed by atoms with E-state index >= 15 is 0 Å². The topological polar surface area (TPSA) is 54.0 Å². The third-order valence-corrected chi connectivity index (χ3v) is 6.50. The number of para-hydroxylation sites is 1. The molecule has 2 N–H and O–H groups in total. The van der Waals surface area contributed by atoms with Gasteiger partial charge in [-0.2, -0.15) is 0 Å². The molecule has 1 amide bonds. The van der Waals surface area contributed by atoms with Crippen LogP contribution < -0.4 is 10.6 Å². The molecule has 0 unspecified atom stereocenters. The van der Waals surface area contributed by atoms with E-state index in [4.69, 9.17) is 28.8 Å². The number of fused-ring (bicyclic) bond motifs is 2. The van der Waals surface area contributed by atoms with Gasteiger partial charge in [0.1, 0.15) is 5.01 Å². The Hall–Kier alpha value is -3.32. The van der Waals surface area contributed by atoms with Crippen molar-refractivity contribution in [2.24, 2.45) is 0 Å². The van der Waals surface area contributed by atoms with Gasteiger partial charge in [0.15, 0.2) is 5.11 Å². The highest BCUT2D eigenvalue weighted by Gasteiger charge is 2.14. The zero-order chi connectivity index (χ0) is 22.1. The van der Waals surface area contributed by atoms with Crippen molar-refractivity contribution in [2.45, 2.75) is 0 Å². The fourth-order valence-corrected chi connectivity index (χ4v) is 4.82. The average molecular weight is 474 g/mol. The summed E-state index contributed by atoms with van der Waals surface area (Å²) in [5, 5.41) is 9.57. The van der Waals surface area contributed by atoms with E-state index in [0.29, 0.717) is 10.6 Å². The summed E-state index contributed by atoms with van der Waals surface area (Å²) in [4.78, 5) is 17.5. The molecular formula is C25H16ClN3OS2. The zero-order valence-corrected chi connectivity index (χ0v) is 19.0. The summed E-state index contributed by atoms with van der Waals surface area (Å²) < 4.78 is 1.08. The van der Waals surface area contributed by atoms with E-state index in [2.05, 4.69) is 10.6 Å². The Morgan fingerprint density at radius 2 is 1.69 bits per heavy atom. The summed E-state index contributed by atoms with van der Waals surface area (Å²) in [6.07, 6.45) is 0. The monoisotopic (exact) mass is 473 g/mol. The van der Waals surface area contributed by atoms with Crippen LogP contribution in [0, 0.1) is 0 Å². The molecule has 5 aromatic rings. The summed E-state index contributed by atoms with van der Waals surface area (Å²) in [6, 6.07) is 26.8. The molecule has 0 aliphatic carbocycles. The van der Waals surface area contributed by atoms with Crippen molar-refractivity contribution in [1.29, 1.82) is 0 Å². The van der Waals surface area contributed by atoms with E-state index in [-0.39, 0.29) is 11.0 Å². The van der Waals surface area contributed by atoms with Crippen LogP contribution >= 0.6 is 35.2 Å². The molecule has 156 valence electrons. The maximum atomic E-state index is 12.7. The van der Waals surface area contributed by atoms with Crippen LogP contribution in [0.3, 0.4) is 0 Å². The number of benzene rings is 4. The third-order valence-electron chi connectivity index (χ3n) is 4.99. The molecule has 5 rings (SSSR count). The Kier molecular flexibility index (Phi) is 5.57. The van der Waals surface area contributed by atoms with Gasteiger partial charge >= 0.3 is 0 Å². The van der Waals surface area contributed by atoms with Crippen molar-refractivity contribution in [1.82, 2.24) is 10.3 Å². The lowest BCUT2D eigenvalue weighted by Crippen LogP contribution is -2.34. The third kappa shape index (κ3) is 4.21. The number of nitrogens with zero attached hydrogens (tertiary/aromatic N) is 1. The fraction of sp³-hybridized carbons (Fsp3) is 0. The van der Waals surface area contributed by atoms with Crippen LogP contribution in [0.2, 0.25) is 5.02 Å². The van der Waals surface area contributed by atoms with Gasteiger partial charge < -0.3 is 5.32 Å². The molecule has 0 fully saturated rings. The van der Waals surface area contributed by atoms with Gasteiger partial charge in [-0.15, -0.1) is 11.3 Å². The van der Waals surface area contributed by atoms with Crippen molar-refractivity contribution in [3.05, 3.63) is 95.5 Å². The standard InChI is InChI=1S/C25H16ClN3OS2/c26-18-11-12-20(19(14-18)24-27-21-7-3-4-8-22(21)32-24)28-25(31)29-23(30)17-10-9-15-5-1-2-6-16(15)13-17/h1-14H,(H2,28,29,30,31). The molecule has 1 heterocycles. The van der Waals surface area contributed by atoms with E-state index in [9.17, 15) is 4.79 Å². The van der Waals surface area contributed by atoms with Crippen LogP contribution in [0.15, 0.2) is 84.9 Å². The molecule has 1 aromatic heterocycles. The van der Waals surface area contributed by atoms with Gasteiger partial charge in [0.2, 0.25) is 0 Å². The van der Waals surface area contributed by atoms with Gasteiger partial charge in [-0.1, -0.05) is 54.1 Å². The SMILES string of the molecule is O=C(NC(=S)Nc1ccc(Cl)cc1-c1nc2ccccc2s1)c1ccc2ccccc2c1. The molecule has 4 nitrogen and oxygen atoms in total. The molecule has 32 heavy (non-hydrogen) atoms. The quantitative estimate of drug-likeness (QED) is 0.280. The summed E-state index contributed by atoms with van der Waals surface area (Å²) in [5.41, 5.74) is 3.00. The molecule has 7 heteroatoms. The van der Waals surface area contributed by atoms with Gasteiger partial charge in [-0.05, 0) is 65.5 Å². The molecule has 0 aliphatic rings. The number of thiocarbonyl (C=S) groups is 1. The number of aromatic nitrogens is 1. The van der Waals surface area contributed by atoms with Crippen molar-refractivity contribution >= 4 is 72.9 Å². The highest BCUT2D eigenvalue weighted by molar-refractivity contribution is 7.80. The van der Waals surface area contributed by atoms with Gasteiger partial charge in [0.05, 0.1) is 15.9 Å². The molecule has 0 saturated heterocycles. The number of thiazole rings is 1. The second kappa shape index (κ2) is 8.67. The Bertz CT molecular complexity index is 1460. The number of carbonyl (C=O) groups is 1. The number of hydrogen-bond donors (Lipinski definition) is 2. The average Bonchev–Trinajstić information content (AvgIpc) is 3.24. The minimum absolute atomic E-state index is 0.202. The van der Waals surface area contributed by atoms with Crippen molar-refractivity contribution < 1.29 is 4.79 Å². The molecule has 0 aliphatic heterocycles. The first-order chi connectivity index (χ1) is 15.6. The number of amides is 1. The molecular weight excluding hydrogens is 458 g/mol. The number of carbonyl (C=O) groups excluding carboxylic acids is 1. The molecule has 0 radical (unpaired) electrons. The first-order valence-electron chi connectivity index (χ1n) is 9.83. The normalized spacial score (nSPS) is 10.9. The van der Waals surface area contributed by atoms with Crippen molar-refractivity contribution in [3.8, 4) is 10.6 Å². The predicted octanol–water partition coefficient (Wildman–Crippen LogP) is 6.90. The van der Waals surface area contributed by atoms with Crippen LogP contribution in [0.5, 0.6) is 0 Å². The molecule has 0 saturated carbocycles. The molecule has 0 spiro atoms. The highest BCUT2D eigenvalue weighted by Crippen LogP contribution is 2.36. The van der Waals surface area contributed by atoms with Gasteiger partial charge in [-0.3, -0.25) is 10.1 Å². The van der Waals surface area contributed by atoms with Crippen molar-refractivity contribution in [2.75, 3.05) is 5.32 Å². The molecule has 0 bridgehead atoms. The number of rotatable bonds is 3. The van der Waals surface area contributed by atoms with Crippen LogP contribution in [0.25, 0.3) is 31.6 Å². The lowest BCUT2D eigenvalue weighted by Gasteiger charge is -2.13. The fourth-order valence-electron chi connectivity index (χ4n) is 3.45. The second-order valence-corrected chi connectivity index (χ2v) is 9.02. The lowest BCUT2D eigenvalue weighted by molar-refractivity contribution is 0.0978. The number of hydrogen-bond acceptors (Lipinski definition) is 4. The van der Waals surface area contributed by atoms with Gasteiger partial charge in [-0.25, -0.2) is 4.98 Å². The Morgan fingerprint density at radius 3 is 2.53 bits per heavy atom. The predicted molar refractivity (Wildman–Crippen MR) is 138 cm³/mol. The van der Waals surface area contributed by atoms with Crippen LogP contribution in [0.1, 0.15) is 10.4 Å². The van der Waals surface area contributed by atoms with E-state index < -0.39 is 0 Å².